The maximum absolute atomic E-state index is 12.0. The van der Waals surface area contributed by atoms with E-state index in [0.29, 0.717) is 5.56 Å². The average Bonchev–Trinajstić information content (AvgIpc) is 2.55. The quantitative estimate of drug-likeness (QED) is 0.841. The highest BCUT2D eigenvalue weighted by Gasteiger charge is 2.13. The Labute approximate surface area is 138 Å². The number of amides is 2. The molecule has 2 aromatic carbocycles. The van der Waals surface area contributed by atoms with E-state index in [4.69, 9.17) is 23.2 Å². The van der Waals surface area contributed by atoms with Gasteiger partial charge < -0.3 is 0 Å². The van der Waals surface area contributed by atoms with Crippen LogP contribution in [0.3, 0.4) is 0 Å². The lowest BCUT2D eigenvalue weighted by Gasteiger charge is -2.09. The second kappa shape index (κ2) is 7.29. The predicted octanol–water partition coefficient (Wildman–Crippen LogP) is 3.63. The van der Waals surface area contributed by atoms with Gasteiger partial charge in [-0.3, -0.25) is 20.4 Å². The Kier molecular flexibility index (Phi) is 5.41. The number of aryl methyl sites for hydroxylation is 1. The zero-order valence-electron chi connectivity index (χ0n) is 11.8. The third-order valence-electron chi connectivity index (χ3n) is 3.11. The summed E-state index contributed by atoms with van der Waals surface area (Å²) in [5, 5.41) is 0.416. The Morgan fingerprint density at radius 3 is 2.23 bits per heavy atom. The van der Waals surface area contributed by atoms with E-state index in [1.54, 1.807) is 24.3 Å². The monoisotopic (exact) mass is 336 g/mol. The largest absolute Gasteiger partial charge is 0.271 e. The normalized spacial score (nSPS) is 10.1. The maximum atomic E-state index is 12.0. The van der Waals surface area contributed by atoms with E-state index in [9.17, 15) is 9.59 Å². The van der Waals surface area contributed by atoms with Crippen molar-refractivity contribution in [1.82, 2.24) is 10.9 Å². The number of rotatable bonds is 3. The molecule has 0 unspecified atom stereocenters. The van der Waals surface area contributed by atoms with Crippen LogP contribution in [0, 0.1) is 0 Å². The molecule has 0 atom stereocenters. The molecule has 0 radical (unpaired) electrons. The molecule has 0 spiro atoms. The van der Waals surface area contributed by atoms with Crippen molar-refractivity contribution < 1.29 is 9.59 Å². The molecule has 2 rings (SSSR count). The third-order valence-corrected chi connectivity index (χ3v) is 3.93. The van der Waals surface area contributed by atoms with E-state index in [0.717, 1.165) is 12.0 Å². The smallest absolute Gasteiger partial charge is 0.267 e. The summed E-state index contributed by atoms with van der Waals surface area (Å²) in [4.78, 5) is 23.9. The van der Waals surface area contributed by atoms with Crippen molar-refractivity contribution in [3.63, 3.8) is 0 Å². The van der Waals surface area contributed by atoms with Crippen molar-refractivity contribution in [2.45, 2.75) is 13.3 Å². The molecule has 0 aliphatic rings. The number of benzene rings is 2. The molecular weight excluding hydrogens is 323 g/mol. The standard InChI is InChI=1S/C16H14Cl2N2O2/c1-2-10-6-8-11(9-7-10)15(21)19-20-16(22)12-4-3-5-13(17)14(12)18/h3-9H,2H2,1H3,(H,19,21)(H,20,22). The average molecular weight is 337 g/mol. The van der Waals surface area contributed by atoms with Gasteiger partial charge in [0.05, 0.1) is 15.6 Å². The minimum atomic E-state index is -0.536. The van der Waals surface area contributed by atoms with Crippen LogP contribution < -0.4 is 10.9 Å². The fourth-order valence-corrected chi connectivity index (χ4v) is 2.21. The lowest BCUT2D eigenvalue weighted by atomic mass is 10.1. The van der Waals surface area contributed by atoms with Gasteiger partial charge in [0.15, 0.2) is 0 Å². The summed E-state index contributed by atoms with van der Waals surface area (Å²) < 4.78 is 0. The number of nitrogens with one attached hydrogen (secondary N) is 2. The van der Waals surface area contributed by atoms with Gasteiger partial charge in [0.25, 0.3) is 11.8 Å². The molecule has 0 saturated carbocycles. The zero-order valence-corrected chi connectivity index (χ0v) is 13.3. The number of hydrogen-bond donors (Lipinski definition) is 2. The van der Waals surface area contributed by atoms with E-state index in [1.165, 1.54) is 6.07 Å². The highest BCUT2D eigenvalue weighted by molar-refractivity contribution is 6.43. The summed E-state index contributed by atoms with van der Waals surface area (Å²) in [5.74, 6) is -0.944. The first kappa shape index (κ1) is 16.3. The molecule has 0 saturated heterocycles. The molecule has 114 valence electrons. The van der Waals surface area contributed by atoms with E-state index in [1.807, 2.05) is 19.1 Å². The summed E-state index contributed by atoms with van der Waals surface area (Å²) in [6.45, 7) is 2.03. The summed E-state index contributed by atoms with van der Waals surface area (Å²) in [5.41, 5.74) is 6.43. The van der Waals surface area contributed by atoms with Crippen LogP contribution in [-0.2, 0) is 6.42 Å². The van der Waals surface area contributed by atoms with Crippen LogP contribution in [0.2, 0.25) is 10.0 Å². The molecule has 2 aromatic rings. The number of hydrogen-bond acceptors (Lipinski definition) is 2. The molecule has 0 heterocycles. The van der Waals surface area contributed by atoms with Crippen LogP contribution in [0.15, 0.2) is 42.5 Å². The van der Waals surface area contributed by atoms with Gasteiger partial charge in [0.1, 0.15) is 0 Å². The topological polar surface area (TPSA) is 58.2 Å². The molecule has 4 nitrogen and oxygen atoms in total. The minimum Gasteiger partial charge on any atom is -0.267 e. The van der Waals surface area contributed by atoms with E-state index < -0.39 is 11.8 Å². The molecule has 0 aromatic heterocycles. The summed E-state index contributed by atoms with van der Waals surface area (Å²) in [6, 6.07) is 11.8. The van der Waals surface area contributed by atoms with Crippen LogP contribution in [0.1, 0.15) is 33.2 Å². The van der Waals surface area contributed by atoms with Crippen LogP contribution >= 0.6 is 23.2 Å². The molecule has 6 heteroatoms. The molecular formula is C16H14Cl2N2O2. The maximum Gasteiger partial charge on any atom is 0.271 e. The molecule has 0 fully saturated rings. The van der Waals surface area contributed by atoms with Gasteiger partial charge >= 0.3 is 0 Å². The summed E-state index contributed by atoms with van der Waals surface area (Å²) >= 11 is 11.8. The lowest BCUT2D eigenvalue weighted by molar-refractivity contribution is 0.0846. The molecule has 2 amide bonds. The van der Waals surface area contributed by atoms with E-state index >= 15 is 0 Å². The van der Waals surface area contributed by atoms with Crippen molar-refractivity contribution in [2.24, 2.45) is 0 Å². The predicted molar refractivity (Wildman–Crippen MR) is 87.2 cm³/mol. The SMILES string of the molecule is CCc1ccc(C(=O)NNC(=O)c2cccc(Cl)c2Cl)cc1. The second-order valence-corrected chi connectivity index (χ2v) is 5.35. The van der Waals surface area contributed by atoms with Gasteiger partial charge in [-0.05, 0) is 36.2 Å². The molecule has 0 aliphatic heterocycles. The molecule has 0 aliphatic carbocycles. The number of halogens is 2. The first-order valence-corrected chi connectivity index (χ1v) is 7.42. The Morgan fingerprint density at radius 2 is 1.59 bits per heavy atom. The van der Waals surface area contributed by atoms with E-state index in [-0.39, 0.29) is 15.6 Å². The van der Waals surface area contributed by atoms with Crippen LogP contribution in [0.4, 0.5) is 0 Å². The van der Waals surface area contributed by atoms with Gasteiger partial charge in [0.2, 0.25) is 0 Å². The Bertz CT molecular complexity index is 700. The first-order chi connectivity index (χ1) is 10.5. The molecule has 22 heavy (non-hydrogen) atoms. The Balaban J connectivity index is 2.01. The van der Waals surface area contributed by atoms with Crippen LogP contribution in [-0.4, -0.2) is 11.8 Å². The van der Waals surface area contributed by atoms with Crippen LogP contribution in [0.5, 0.6) is 0 Å². The van der Waals surface area contributed by atoms with Crippen molar-refractivity contribution in [1.29, 1.82) is 0 Å². The minimum absolute atomic E-state index is 0.142. The van der Waals surface area contributed by atoms with Gasteiger partial charge in [-0.25, -0.2) is 0 Å². The highest BCUT2D eigenvalue weighted by Crippen LogP contribution is 2.25. The Hall–Kier alpha value is -2.04. The second-order valence-electron chi connectivity index (χ2n) is 4.56. The van der Waals surface area contributed by atoms with Gasteiger partial charge in [-0.1, -0.05) is 48.3 Å². The number of hydrazine groups is 1. The van der Waals surface area contributed by atoms with Crippen LogP contribution in [0.25, 0.3) is 0 Å². The number of carbonyl (C=O) groups excluding carboxylic acids is 2. The summed E-state index contributed by atoms with van der Waals surface area (Å²) in [7, 11) is 0. The Morgan fingerprint density at radius 1 is 0.955 bits per heavy atom. The fourth-order valence-electron chi connectivity index (χ4n) is 1.82. The van der Waals surface area contributed by atoms with E-state index in [2.05, 4.69) is 10.9 Å². The lowest BCUT2D eigenvalue weighted by Crippen LogP contribution is -2.41. The highest BCUT2D eigenvalue weighted by atomic mass is 35.5. The van der Waals surface area contributed by atoms with Crippen molar-refractivity contribution >= 4 is 35.0 Å². The fraction of sp³-hybridized carbons (Fsp3) is 0.125. The third kappa shape index (κ3) is 3.78. The molecule has 2 N–H and O–H groups in total. The van der Waals surface area contributed by atoms with Crippen molar-refractivity contribution in [2.75, 3.05) is 0 Å². The molecule has 0 bridgehead atoms. The van der Waals surface area contributed by atoms with Crippen molar-refractivity contribution in [3.05, 3.63) is 69.2 Å². The zero-order chi connectivity index (χ0) is 16.1. The van der Waals surface area contributed by atoms with Crippen molar-refractivity contribution in [3.8, 4) is 0 Å². The summed E-state index contributed by atoms with van der Waals surface area (Å²) in [6.07, 6.45) is 0.895. The van der Waals surface area contributed by atoms with Gasteiger partial charge in [0, 0.05) is 5.56 Å². The first-order valence-electron chi connectivity index (χ1n) is 6.66. The van der Waals surface area contributed by atoms with Gasteiger partial charge in [-0.15, -0.1) is 0 Å². The van der Waals surface area contributed by atoms with Gasteiger partial charge in [-0.2, -0.15) is 0 Å². The number of carbonyl (C=O) groups is 2.